The maximum atomic E-state index is 13.8. The zero-order chi connectivity index (χ0) is 26.8. The maximum absolute atomic E-state index is 13.8. The number of benzene rings is 3. The van der Waals surface area contributed by atoms with Crippen LogP contribution in [-0.4, -0.2) is 46.9 Å². The van der Waals surface area contributed by atoms with E-state index >= 15 is 0 Å². The number of para-hydroxylation sites is 1. The molecule has 10 heteroatoms. The normalized spacial score (nSPS) is 10.9. The summed E-state index contributed by atoms with van der Waals surface area (Å²) in [6.45, 7) is 1.83. The van der Waals surface area contributed by atoms with Gasteiger partial charge in [-0.2, -0.15) is 0 Å². The van der Waals surface area contributed by atoms with E-state index < -0.39 is 11.3 Å². The minimum Gasteiger partial charge on any atom is -0.493 e. The summed E-state index contributed by atoms with van der Waals surface area (Å²) in [6.07, 6.45) is 0. The van der Waals surface area contributed by atoms with Crippen LogP contribution >= 0.6 is 0 Å². The average molecular weight is 513 g/mol. The molecule has 0 radical (unpaired) electrons. The summed E-state index contributed by atoms with van der Waals surface area (Å²) in [5.74, 6) is 0.764. The fourth-order valence-electron chi connectivity index (χ4n) is 4.09. The van der Waals surface area contributed by atoms with Crippen molar-refractivity contribution in [2.24, 2.45) is 0 Å². The number of methoxy groups -OCH3 is 3. The largest absolute Gasteiger partial charge is 0.493 e. The van der Waals surface area contributed by atoms with Crippen LogP contribution in [0.5, 0.6) is 17.2 Å². The van der Waals surface area contributed by atoms with Crippen LogP contribution in [0.1, 0.15) is 27.6 Å². The molecule has 38 heavy (non-hydrogen) atoms. The number of hydrogen-bond donors (Lipinski definition) is 0. The molecule has 10 nitrogen and oxygen atoms in total. The Morgan fingerprint density at radius 1 is 0.921 bits per heavy atom. The van der Waals surface area contributed by atoms with Gasteiger partial charge in [-0.1, -0.05) is 29.8 Å². The van der Waals surface area contributed by atoms with Crippen molar-refractivity contribution in [3.63, 3.8) is 0 Å². The fourth-order valence-corrected chi connectivity index (χ4v) is 4.09. The van der Waals surface area contributed by atoms with Crippen molar-refractivity contribution in [1.29, 1.82) is 0 Å². The first kappa shape index (κ1) is 24.7. The summed E-state index contributed by atoms with van der Waals surface area (Å²) in [5.41, 5.74) is 2.00. The zero-order valence-corrected chi connectivity index (χ0v) is 21.2. The number of aryl methyl sites for hydroxylation is 1. The number of hydrogen-bond acceptors (Lipinski definition) is 9. The second-order valence-electron chi connectivity index (χ2n) is 8.45. The molecule has 2 heterocycles. The Kier molecular flexibility index (Phi) is 6.61. The molecule has 0 bridgehead atoms. The third-order valence-corrected chi connectivity index (χ3v) is 6.05. The van der Waals surface area contributed by atoms with Crippen molar-refractivity contribution in [2.75, 3.05) is 21.3 Å². The molecular formula is C28H24N4O6. The summed E-state index contributed by atoms with van der Waals surface area (Å²) < 4.78 is 23.2. The predicted molar refractivity (Wildman–Crippen MR) is 139 cm³/mol. The number of carbonyl (C=O) groups excluding carboxylic acids is 1. The van der Waals surface area contributed by atoms with Crippen molar-refractivity contribution in [2.45, 2.75) is 13.5 Å². The number of nitrogens with zero attached hydrogens (tertiary/aromatic N) is 4. The SMILES string of the molecule is COc1cc(C(=O)c2nc3ccccc3c(=O)n2Cc2nnc(-c3ccc(C)cc3)o2)cc(OC)c1OC. The van der Waals surface area contributed by atoms with Gasteiger partial charge in [0.05, 0.1) is 32.2 Å². The van der Waals surface area contributed by atoms with Crippen LogP contribution < -0.4 is 19.8 Å². The van der Waals surface area contributed by atoms with E-state index in [-0.39, 0.29) is 23.8 Å². The van der Waals surface area contributed by atoms with E-state index in [1.807, 2.05) is 31.2 Å². The van der Waals surface area contributed by atoms with Gasteiger partial charge in [0.15, 0.2) is 17.3 Å². The minimum atomic E-state index is -0.523. The van der Waals surface area contributed by atoms with Crippen LogP contribution in [0, 0.1) is 6.92 Å². The Morgan fingerprint density at radius 2 is 1.61 bits per heavy atom. The van der Waals surface area contributed by atoms with Crippen LogP contribution in [0.25, 0.3) is 22.4 Å². The van der Waals surface area contributed by atoms with Gasteiger partial charge in [0.2, 0.25) is 23.3 Å². The molecule has 2 aromatic heterocycles. The molecule has 0 aliphatic rings. The van der Waals surface area contributed by atoms with Crippen LogP contribution in [-0.2, 0) is 6.54 Å². The first-order chi connectivity index (χ1) is 18.4. The number of fused-ring (bicyclic) bond motifs is 1. The van der Waals surface area contributed by atoms with E-state index in [2.05, 4.69) is 15.2 Å². The van der Waals surface area contributed by atoms with Crippen LogP contribution in [0.3, 0.4) is 0 Å². The van der Waals surface area contributed by atoms with Gasteiger partial charge in [0.1, 0.15) is 6.54 Å². The van der Waals surface area contributed by atoms with Gasteiger partial charge < -0.3 is 18.6 Å². The van der Waals surface area contributed by atoms with Crippen molar-refractivity contribution in [3.05, 3.63) is 93.9 Å². The average Bonchev–Trinajstić information content (AvgIpc) is 3.42. The molecule has 0 saturated heterocycles. The van der Waals surface area contributed by atoms with Crippen LogP contribution in [0.4, 0.5) is 0 Å². The predicted octanol–water partition coefficient (Wildman–Crippen LogP) is 4.06. The lowest BCUT2D eigenvalue weighted by molar-refractivity contribution is 0.102. The van der Waals surface area contributed by atoms with E-state index in [0.717, 1.165) is 11.1 Å². The fraction of sp³-hybridized carbons (Fsp3) is 0.179. The molecule has 0 unspecified atom stereocenters. The van der Waals surface area contributed by atoms with E-state index in [1.54, 1.807) is 24.3 Å². The third kappa shape index (κ3) is 4.47. The Morgan fingerprint density at radius 3 is 2.26 bits per heavy atom. The highest BCUT2D eigenvalue weighted by molar-refractivity contribution is 6.08. The summed E-state index contributed by atoms with van der Waals surface area (Å²) >= 11 is 0. The lowest BCUT2D eigenvalue weighted by Crippen LogP contribution is -2.29. The molecule has 0 N–H and O–H groups in total. The second-order valence-corrected chi connectivity index (χ2v) is 8.45. The third-order valence-electron chi connectivity index (χ3n) is 6.05. The van der Waals surface area contributed by atoms with Crippen molar-refractivity contribution >= 4 is 16.7 Å². The van der Waals surface area contributed by atoms with E-state index in [4.69, 9.17) is 18.6 Å². The molecule has 0 fully saturated rings. The number of ketones is 1. The van der Waals surface area contributed by atoms with Gasteiger partial charge >= 0.3 is 0 Å². The number of aromatic nitrogens is 4. The Hall–Kier alpha value is -4.99. The highest BCUT2D eigenvalue weighted by Crippen LogP contribution is 2.38. The van der Waals surface area contributed by atoms with Crippen molar-refractivity contribution in [1.82, 2.24) is 19.7 Å². The number of ether oxygens (including phenoxy) is 3. The molecular weight excluding hydrogens is 488 g/mol. The van der Waals surface area contributed by atoms with Gasteiger partial charge in [0.25, 0.3) is 5.56 Å². The molecule has 0 amide bonds. The number of carbonyl (C=O) groups is 1. The lowest BCUT2D eigenvalue weighted by Gasteiger charge is -2.15. The van der Waals surface area contributed by atoms with Gasteiger partial charge in [-0.05, 0) is 43.3 Å². The Labute approximate surface area is 217 Å². The summed E-state index contributed by atoms with van der Waals surface area (Å²) in [4.78, 5) is 31.9. The van der Waals surface area contributed by atoms with Gasteiger partial charge in [-0.25, -0.2) is 4.98 Å². The molecule has 3 aromatic carbocycles. The zero-order valence-electron chi connectivity index (χ0n) is 21.2. The Balaban J connectivity index is 1.62. The quantitative estimate of drug-likeness (QED) is 0.284. The van der Waals surface area contributed by atoms with Crippen LogP contribution in [0.2, 0.25) is 0 Å². The summed E-state index contributed by atoms with van der Waals surface area (Å²) in [6, 6.07) is 17.4. The molecule has 192 valence electrons. The van der Waals surface area contributed by atoms with Crippen LogP contribution in [0.15, 0.2) is 69.9 Å². The van der Waals surface area contributed by atoms with Gasteiger partial charge in [0, 0.05) is 11.1 Å². The molecule has 5 rings (SSSR count). The molecule has 0 spiro atoms. The first-order valence-corrected chi connectivity index (χ1v) is 11.7. The summed E-state index contributed by atoms with van der Waals surface area (Å²) in [7, 11) is 4.38. The van der Waals surface area contributed by atoms with Gasteiger partial charge in [-0.15, -0.1) is 10.2 Å². The summed E-state index contributed by atoms with van der Waals surface area (Å²) in [5, 5.41) is 8.58. The molecule has 0 saturated carbocycles. The van der Waals surface area contributed by atoms with Crippen molar-refractivity contribution in [3.8, 4) is 28.7 Å². The highest BCUT2D eigenvalue weighted by Gasteiger charge is 2.24. The smallest absolute Gasteiger partial charge is 0.262 e. The maximum Gasteiger partial charge on any atom is 0.262 e. The van der Waals surface area contributed by atoms with E-state index in [1.165, 1.54) is 38.0 Å². The molecule has 5 aromatic rings. The molecule has 0 atom stereocenters. The Bertz CT molecular complexity index is 1680. The monoisotopic (exact) mass is 512 g/mol. The van der Waals surface area contributed by atoms with E-state index in [0.29, 0.717) is 34.0 Å². The van der Waals surface area contributed by atoms with Gasteiger partial charge in [-0.3, -0.25) is 14.2 Å². The number of rotatable bonds is 8. The molecule has 0 aliphatic carbocycles. The van der Waals surface area contributed by atoms with Crippen molar-refractivity contribution < 1.29 is 23.4 Å². The molecule has 0 aliphatic heterocycles. The second kappa shape index (κ2) is 10.2. The standard InChI is InChI=1S/C28H24N4O6/c1-16-9-11-17(12-10-16)27-31-30-23(38-27)15-32-26(29-20-8-6-5-7-19(20)28(32)34)24(33)18-13-21(35-2)25(37-4)22(14-18)36-3/h5-14H,15H2,1-4H3. The topological polar surface area (TPSA) is 119 Å². The van der Waals surface area contributed by atoms with E-state index in [9.17, 15) is 9.59 Å². The first-order valence-electron chi connectivity index (χ1n) is 11.7. The lowest BCUT2D eigenvalue weighted by atomic mass is 10.1. The minimum absolute atomic E-state index is 0.0990. The highest BCUT2D eigenvalue weighted by atomic mass is 16.5.